The van der Waals surface area contributed by atoms with E-state index in [2.05, 4.69) is 15.2 Å². The molecule has 19 heavy (non-hydrogen) atoms. The molecule has 0 saturated heterocycles. The number of hydrogen-bond donors (Lipinski definition) is 4. The highest BCUT2D eigenvalue weighted by Gasteiger charge is 2.42. The van der Waals surface area contributed by atoms with Gasteiger partial charge >= 0.3 is 6.18 Å². The van der Waals surface area contributed by atoms with Gasteiger partial charge in [-0.05, 0) is 13.0 Å². The predicted octanol–water partition coefficient (Wildman–Crippen LogP) is -0.560. The SMILES string of the molecule is CS(=O)(=O)NCCCNCC(C(N)=NO)C(F)(F)F. The minimum atomic E-state index is -4.62. The average molecular weight is 306 g/mol. The predicted molar refractivity (Wildman–Crippen MR) is 63.3 cm³/mol. The van der Waals surface area contributed by atoms with Crippen LogP contribution in [-0.2, 0) is 10.0 Å². The van der Waals surface area contributed by atoms with Crippen LogP contribution in [0.25, 0.3) is 0 Å². The molecular formula is C8H17F3N4O3S. The first kappa shape index (κ1) is 17.9. The summed E-state index contributed by atoms with van der Waals surface area (Å²) in [6.07, 6.45) is -3.32. The van der Waals surface area contributed by atoms with Gasteiger partial charge in [0.25, 0.3) is 0 Å². The summed E-state index contributed by atoms with van der Waals surface area (Å²) in [6.45, 7) is -0.266. The monoisotopic (exact) mass is 306 g/mol. The fourth-order valence-electron chi connectivity index (χ4n) is 1.18. The van der Waals surface area contributed by atoms with E-state index in [-0.39, 0.29) is 13.1 Å². The number of rotatable bonds is 8. The second-order valence-corrected chi connectivity index (χ2v) is 5.68. The quantitative estimate of drug-likeness (QED) is 0.158. The number of halogens is 3. The molecule has 0 heterocycles. The zero-order chi connectivity index (χ0) is 15.1. The Hall–Kier alpha value is -1.07. The molecule has 5 N–H and O–H groups in total. The standard InChI is InChI=1S/C8H17F3N4O3S/c1-19(17,18)14-4-2-3-13-5-6(7(12)15-16)8(9,10)11/h6,13-14,16H,2-5H2,1H3,(H2,12,15). The molecule has 0 radical (unpaired) electrons. The first-order valence-electron chi connectivity index (χ1n) is 5.27. The van der Waals surface area contributed by atoms with Crippen molar-refractivity contribution in [3.63, 3.8) is 0 Å². The number of nitrogens with zero attached hydrogens (tertiary/aromatic N) is 1. The summed E-state index contributed by atoms with van der Waals surface area (Å²) in [5, 5.41) is 13.1. The van der Waals surface area contributed by atoms with Gasteiger partial charge in [0.1, 0.15) is 5.92 Å². The number of hydrogen-bond acceptors (Lipinski definition) is 5. The molecule has 0 aromatic heterocycles. The van der Waals surface area contributed by atoms with Gasteiger partial charge in [0.05, 0.1) is 6.26 Å². The fourth-order valence-corrected chi connectivity index (χ4v) is 1.69. The van der Waals surface area contributed by atoms with Crippen LogP contribution in [-0.4, -0.2) is 51.5 Å². The van der Waals surface area contributed by atoms with Crippen LogP contribution < -0.4 is 15.8 Å². The highest BCUT2D eigenvalue weighted by molar-refractivity contribution is 7.88. The van der Waals surface area contributed by atoms with Gasteiger partial charge in [0, 0.05) is 13.1 Å². The molecule has 1 atom stereocenters. The molecule has 0 bridgehead atoms. The minimum Gasteiger partial charge on any atom is -0.409 e. The lowest BCUT2D eigenvalue weighted by Gasteiger charge is -2.19. The van der Waals surface area contributed by atoms with Crippen molar-refractivity contribution >= 4 is 15.9 Å². The van der Waals surface area contributed by atoms with Crippen LogP contribution in [0.1, 0.15) is 6.42 Å². The van der Waals surface area contributed by atoms with E-state index >= 15 is 0 Å². The second kappa shape index (κ2) is 7.50. The van der Waals surface area contributed by atoms with Crippen LogP contribution in [0.4, 0.5) is 13.2 Å². The van der Waals surface area contributed by atoms with E-state index in [1.54, 1.807) is 0 Å². The highest BCUT2D eigenvalue weighted by Crippen LogP contribution is 2.25. The lowest BCUT2D eigenvalue weighted by atomic mass is 10.1. The van der Waals surface area contributed by atoms with E-state index in [4.69, 9.17) is 10.9 Å². The molecule has 0 saturated carbocycles. The van der Waals surface area contributed by atoms with Gasteiger partial charge < -0.3 is 16.3 Å². The molecule has 11 heteroatoms. The third-order valence-corrected chi connectivity index (χ3v) is 2.84. The van der Waals surface area contributed by atoms with Crippen molar-refractivity contribution in [1.29, 1.82) is 0 Å². The summed E-state index contributed by atoms with van der Waals surface area (Å²) >= 11 is 0. The van der Waals surface area contributed by atoms with Crippen LogP contribution >= 0.6 is 0 Å². The van der Waals surface area contributed by atoms with Gasteiger partial charge in [-0.1, -0.05) is 5.16 Å². The van der Waals surface area contributed by atoms with E-state index < -0.39 is 34.5 Å². The zero-order valence-electron chi connectivity index (χ0n) is 10.2. The molecule has 0 aliphatic carbocycles. The molecule has 0 spiro atoms. The van der Waals surface area contributed by atoms with Crippen molar-refractivity contribution < 1.29 is 26.8 Å². The van der Waals surface area contributed by atoms with E-state index in [9.17, 15) is 21.6 Å². The molecule has 0 amide bonds. The lowest BCUT2D eigenvalue weighted by Crippen LogP contribution is -2.43. The molecule has 114 valence electrons. The molecule has 0 aromatic rings. The second-order valence-electron chi connectivity index (χ2n) is 3.84. The van der Waals surface area contributed by atoms with Crippen molar-refractivity contribution in [1.82, 2.24) is 10.0 Å². The summed E-state index contributed by atoms with van der Waals surface area (Å²) in [4.78, 5) is 0. The maximum Gasteiger partial charge on any atom is 0.400 e. The van der Waals surface area contributed by atoms with Crippen molar-refractivity contribution in [3.8, 4) is 0 Å². The van der Waals surface area contributed by atoms with Crippen LogP contribution in [0.2, 0.25) is 0 Å². The zero-order valence-corrected chi connectivity index (χ0v) is 11.1. The molecule has 0 fully saturated rings. The Morgan fingerprint density at radius 3 is 2.42 bits per heavy atom. The number of nitrogens with two attached hydrogens (primary N) is 1. The number of nitrogens with one attached hydrogen (secondary N) is 2. The Bertz CT molecular complexity index is 397. The van der Waals surface area contributed by atoms with Crippen molar-refractivity contribution in [2.24, 2.45) is 16.8 Å². The van der Waals surface area contributed by atoms with Crippen LogP contribution in [0.15, 0.2) is 5.16 Å². The smallest absolute Gasteiger partial charge is 0.400 e. The summed E-state index contributed by atoms with van der Waals surface area (Å²) in [5.74, 6) is -3.00. The Kier molecular flexibility index (Phi) is 7.08. The van der Waals surface area contributed by atoms with Gasteiger partial charge in [-0.3, -0.25) is 0 Å². The third kappa shape index (κ3) is 8.61. The van der Waals surface area contributed by atoms with Gasteiger partial charge in [0.15, 0.2) is 5.84 Å². The van der Waals surface area contributed by atoms with Gasteiger partial charge in [-0.2, -0.15) is 13.2 Å². The first-order valence-corrected chi connectivity index (χ1v) is 7.16. The van der Waals surface area contributed by atoms with Crippen molar-refractivity contribution in [2.45, 2.75) is 12.6 Å². The highest BCUT2D eigenvalue weighted by atomic mass is 32.2. The van der Waals surface area contributed by atoms with Crippen molar-refractivity contribution in [3.05, 3.63) is 0 Å². The van der Waals surface area contributed by atoms with Crippen LogP contribution in [0, 0.1) is 5.92 Å². The Morgan fingerprint density at radius 2 is 2.00 bits per heavy atom. The number of amidine groups is 1. The molecule has 0 aliphatic rings. The molecule has 0 rings (SSSR count). The Labute approximate surface area is 109 Å². The van der Waals surface area contributed by atoms with Gasteiger partial charge in [-0.25, -0.2) is 13.1 Å². The molecule has 0 aromatic carbocycles. The van der Waals surface area contributed by atoms with E-state index in [0.29, 0.717) is 6.42 Å². The average Bonchev–Trinajstić information content (AvgIpc) is 2.23. The topological polar surface area (TPSA) is 117 Å². The molecular weight excluding hydrogens is 289 g/mol. The first-order chi connectivity index (χ1) is 8.58. The summed E-state index contributed by atoms with van der Waals surface area (Å²) in [5.41, 5.74) is 4.95. The van der Waals surface area contributed by atoms with Crippen LogP contribution in [0.3, 0.4) is 0 Å². The van der Waals surface area contributed by atoms with E-state index in [1.165, 1.54) is 0 Å². The normalized spacial score (nSPS) is 15.5. The number of alkyl halides is 3. The summed E-state index contributed by atoms with van der Waals surface area (Å²) in [7, 11) is -3.30. The lowest BCUT2D eigenvalue weighted by molar-refractivity contribution is -0.154. The molecule has 1 unspecified atom stereocenters. The molecule has 0 aliphatic heterocycles. The summed E-state index contributed by atoms with van der Waals surface area (Å²) < 4.78 is 61.0. The number of sulfonamides is 1. The van der Waals surface area contributed by atoms with Gasteiger partial charge in [-0.15, -0.1) is 0 Å². The Morgan fingerprint density at radius 1 is 1.42 bits per heavy atom. The maximum atomic E-state index is 12.5. The largest absolute Gasteiger partial charge is 0.409 e. The van der Waals surface area contributed by atoms with Crippen molar-refractivity contribution in [2.75, 3.05) is 25.9 Å². The van der Waals surface area contributed by atoms with Crippen LogP contribution in [0.5, 0.6) is 0 Å². The van der Waals surface area contributed by atoms with E-state index in [1.807, 2.05) is 0 Å². The van der Waals surface area contributed by atoms with Gasteiger partial charge in [0.2, 0.25) is 10.0 Å². The molecule has 7 nitrogen and oxygen atoms in total. The van der Waals surface area contributed by atoms with E-state index in [0.717, 1.165) is 6.26 Å². The maximum absolute atomic E-state index is 12.5. The fraction of sp³-hybridized carbons (Fsp3) is 0.875. The Balaban J connectivity index is 4.03. The summed E-state index contributed by atoms with van der Waals surface area (Å²) in [6, 6.07) is 0. The third-order valence-electron chi connectivity index (χ3n) is 2.11. The minimum absolute atomic E-state index is 0.117. The number of oxime groups is 1.